The van der Waals surface area contributed by atoms with E-state index in [0.717, 1.165) is 85.4 Å². The summed E-state index contributed by atoms with van der Waals surface area (Å²) in [6.45, 7) is 12.4. The molecule has 3 aliphatic heterocycles. The first kappa shape index (κ1) is 23.6. The summed E-state index contributed by atoms with van der Waals surface area (Å²) in [5.41, 5.74) is 5.12. The number of aromatic nitrogens is 5. The smallest absolute Gasteiger partial charge is 0.256 e. The highest BCUT2D eigenvalue weighted by Gasteiger charge is 2.62. The Bertz CT molecular complexity index is 1350. The van der Waals surface area contributed by atoms with Crippen LogP contribution in [-0.2, 0) is 6.42 Å². The number of piperazine rings is 1. The molecule has 4 unspecified atom stereocenters. The van der Waals surface area contributed by atoms with Crippen LogP contribution in [0.4, 0.5) is 11.8 Å². The maximum atomic E-state index is 13.6. The van der Waals surface area contributed by atoms with Crippen molar-refractivity contribution in [1.82, 2.24) is 30.0 Å². The molecule has 0 aromatic carbocycles. The molecule has 4 atom stereocenters. The van der Waals surface area contributed by atoms with Gasteiger partial charge in [0.25, 0.3) is 5.91 Å². The average Bonchev–Trinajstić information content (AvgIpc) is 3.36. The average molecular weight is 513 g/mol. The summed E-state index contributed by atoms with van der Waals surface area (Å²) in [5.74, 6) is 3.41. The number of fused-ring (bicyclic) bond motifs is 3. The number of rotatable bonds is 5. The number of aryl methyl sites for hydroxylation is 2. The highest BCUT2D eigenvalue weighted by atomic mass is 16.2. The van der Waals surface area contributed by atoms with E-state index in [0.29, 0.717) is 17.4 Å². The molecule has 3 aromatic heterocycles. The van der Waals surface area contributed by atoms with Crippen LogP contribution in [0.15, 0.2) is 30.5 Å². The lowest BCUT2D eigenvalue weighted by atomic mass is 10.1. The van der Waals surface area contributed by atoms with Crippen molar-refractivity contribution < 1.29 is 4.79 Å². The molecular formula is C29H36N8O. The van der Waals surface area contributed by atoms with Crippen LogP contribution < -0.4 is 9.80 Å². The molecule has 2 bridgehead atoms. The van der Waals surface area contributed by atoms with Crippen molar-refractivity contribution in [3.63, 3.8) is 0 Å². The number of anilines is 2. The van der Waals surface area contributed by atoms with Gasteiger partial charge in [0.1, 0.15) is 5.82 Å². The highest BCUT2D eigenvalue weighted by molar-refractivity contribution is 5.95. The van der Waals surface area contributed by atoms with Gasteiger partial charge in [-0.3, -0.25) is 9.89 Å². The van der Waals surface area contributed by atoms with Crippen LogP contribution in [0.3, 0.4) is 0 Å². The van der Waals surface area contributed by atoms with Crippen molar-refractivity contribution >= 4 is 17.7 Å². The van der Waals surface area contributed by atoms with Crippen LogP contribution in [0, 0.1) is 31.1 Å². The zero-order valence-electron chi connectivity index (χ0n) is 22.7. The molecule has 6 heterocycles. The van der Waals surface area contributed by atoms with Crippen molar-refractivity contribution in [3.05, 3.63) is 58.8 Å². The molecule has 9 heteroatoms. The Labute approximate surface area is 223 Å². The van der Waals surface area contributed by atoms with Gasteiger partial charge in [-0.1, -0.05) is 13.8 Å². The van der Waals surface area contributed by atoms with Gasteiger partial charge < -0.3 is 14.7 Å². The Hall–Kier alpha value is -3.49. The summed E-state index contributed by atoms with van der Waals surface area (Å²) in [5, 5.41) is 7.37. The highest BCUT2D eigenvalue weighted by Crippen LogP contribution is 2.62. The summed E-state index contributed by atoms with van der Waals surface area (Å²) >= 11 is 0. The number of nitrogens with zero attached hydrogens (tertiary/aromatic N) is 7. The largest absolute Gasteiger partial charge is 0.356 e. The van der Waals surface area contributed by atoms with Gasteiger partial charge in [0.05, 0.1) is 29.0 Å². The number of nitrogens with one attached hydrogen (secondary N) is 1. The second kappa shape index (κ2) is 8.51. The second-order valence-corrected chi connectivity index (χ2v) is 12.4. The molecule has 1 saturated carbocycles. The number of hydrogen-bond acceptors (Lipinski definition) is 7. The van der Waals surface area contributed by atoms with Crippen LogP contribution in [0.5, 0.6) is 0 Å². The van der Waals surface area contributed by atoms with E-state index in [4.69, 9.17) is 15.0 Å². The van der Waals surface area contributed by atoms with E-state index in [1.54, 1.807) is 6.20 Å². The minimum absolute atomic E-state index is 0.0985. The summed E-state index contributed by atoms with van der Waals surface area (Å²) in [7, 11) is 0. The van der Waals surface area contributed by atoms with Crippen molar-refractivity contribution in [2.24, 2.45) is 17.3 Å². The van der Waals surface area contributed by atoms with Crippen LogP contribution in [0.2, 0.25) is 0 Å². The van der Waals surface area contributed by atoms with E-state index < -0.39 is 0 Å². The standard InChI is InChI=1S/C29H36N8O/c1-17-9-20(11-21-10-18(2)33-34-21)32-28(31-17)36-13-22-6-7-23(14-36)37(22)27(38)19-5-8-26(30-12-19)35-15-24-25(16-35)29(24,3)4/h5,8-10,12,22-25H,6-7,11,13-16H2,1-4H3,(H,33,34). The number of amides is 1. The Morgan fingerprint density at radius 1 is 0.974 bits per heavy atom. The number of H-pyrrole nitrogens is 1. The maximum absolute atomic E-state index is 13.6. The first-order chi connectivity index (χ1) is 18.3. The summed E-state index contributed by atoms with van der Waals surface area (Å²) in [6.07, 6.45) is 4.47. The summed E-state index contributed by atoms with van der Waals surface area (Å²) in [6, 6.07) is 8.41. The Morgan fingerprint density at radius 2 is 1.71 bits per heavy atom. The van der Waals surface area contributed by atoms with Crippen molar-refractivity contribution in [3.8, 4) is 0 Å². The van der Waals surface area contributed by atoms with Gasteiger partial charge in [-0.05, 0) is 68.2 Å². The fourth-order valence-electron chi connectivity index (χ4n) is 7.16. The lowest BCUT2D eigenvalue weighted by Gasteiger charge is -2.41. The van der Waals surface area contributed by atoms with Crippen molar-refractivity contribution in [2.45, 2.75) is 59.0 Å². The molecule has 198 valence electrons. The lowest BCUT2D eigenvalue weighted by Crippen LogP contribution is -2.56. The van der Waals surface area contributed by atoms with E-state index in [-0.39, 0.29) is 18.0 Å². The fraction of sp³-hybridized carbons (Fsp3) is 0.552. The first-order valence-corrected chi connectivity index (χ1v) is 13.9. The maximum Gasteiger partial charge on any atom is 0.256 e. The molecule has 7 rings (SSSR count). The molecule has 3 aromatic rings. The Balaban J connectivity index is 1.03. The quantitative estimate of drug-likeness (QED) is 0.560. The van der Waals surface area contributed by atoms with E-state index in [9.17, 15) is 4.79 Å². The molecule has 9 nitrogen and oxygen atoms in total. The van der Waals surface area contributed by atoms with Gasteiger partial charge in [-0.2, -0.15) is 5.10 Å². The number of aromatic amines is 1. The van der Waals surface area contributed by atoms with Gasteiger partial charge in [-0.15, -0.1) is 0 Å². The molecule has 0 spiro atoms. The molecule has 3 saturated heterocycles. The van der Waals surface area contributed by atoms with Gasteiger partial charge in [-0.25, -0.2) is 15.0 Å². The molecule has 1 N–H and O–H groups in total. The SMILES string of the molecule is Cc1cc(Cc2cc(C)[nH]n2)nc(N2CC3CCC(C2)N3C(=O)c2ccc(N3CC4C(C3)C4(C)C)nc2)n1. The molecule has 1 aliphatic carbocycles. The fourth-order valence-corrected chi connectivity index (χ4v) is 7.16. The van der Waals surface area contributed by atoms with E-state index >= 15 is 0 Å². The zero-order chi connectivity index (χ0) is 26.2. The third-order valence-corrected chi connectivity index (χ3v) is 9.46. The van der Waals surface area contributed by atoms with E-state index in [1.807, 2.05) is 32.0 Å². The van der Waals surface area contributed by atoms with Crippen LogP contribution >= 0.6 is 0 Å². The third kappa shape index (κ3) is 3.94. The lowest BCUT2D eigenvalue weighted by molar-refractivity contribution is 0.0640. The van der Waals surface area contributed by atoms with Crippen LogP contribution in [0.1, 0.15) is 59.8 Å². The monoisotopic (exact) mass is 512 g/mol. The molecule has 4 fully saturated rings. The third-order valence-electron chi connectivity index (χ3n) is 9.46. The van der Waals surface area contributed by atoms with Gasteiger partial charge in [0.2, 0.25) is 5.95 Å². The number of piperidine rings is 1. The Kier molecular flexibility index (Phi) is 5.29. The Morgan fingerprint density at radius 3 is 2.34 bits per heavy atom. The number of pyridine rings is 1. The minimum atomic E-state index is 0.0985. The molecule has 0 radical (unpaired) electrons. The van der Waals surface area contributed by atoms with Gasteiger partial charge >= 0.3 is 0 Å². The normalized spacial score (nSPS) is 27.1. The predicted octanol–water partition coefficient (Wildman–Crippen LogP) is 3.39. The van der Waals surface area contributed by atoms with Crippen LogP contribution in [-0.4, -0.2) is 74.2 Å². The molecule has 1 amide bonds. The van der Waals surface area contributed by atoms with Gasteiger partial charge in [0.15, 0.2) is 0 Å². The number of carbonyl (C=O) groups is 1. The van der Waals surface area contributed by atoms with E-state index in [2.05, 4.69) is 44.8 Å². The minimum Gasteiger partial charge on any atom is -0.356 e. The number of hydrogen-bond donors (Lipinski definition) is 1. The predicted molar refractivity (Wildman–Crippen MR) is 145 cm³/mol. The summed E-state index contributed by atoms with van der Waals surface area (Å²) in [4.78, 5) is 34.7. The second-order valence-electron chi connectivity index (χ2n) is 12.4. The van der Waals surface area contributed by atoms with Crippen molar-refractivity contribution in [1.29, 1.82) is 0 Å². The molecular weight excluding hydrogens is 476 g/mol. The summed E-state index contributed by atoms with van der Waals surface area (Å²) < 4.78 is 0. The van der Waals surface area contributed by atoms with Crippen LogP contribution in [0.25, 0.3) is 0 Å². The zero-order valence-corrected chi connectivity index (χ0v) is 22.7. The number of carbonyl (C=O) groups excluding carboxylic acids is 1. The molecule has 38 heavy (non-hydrogen) atoms. The first-order valence-electron chi connectivity index (χ1n) is 13.9. The topological polar surface area (TPSA) is 94.1 Å². The van der Waals surface area contributed by atoms with E-state index in [1.165, 1.54) is 0 Å². The molecule has 4 aliphatic rings. The van der Waals surface area contributed by atoms with Crippen molar-refractivity contribution in [2.75, 3.05) is 36.0 Å². The van der Waals surface area contributed by atoms with Gasteiger partial charge in [0, 0.05) is 50.2 Å².